The van der Waals surface area contributed by atoms with E-state index in [2.05, 4.69) is 0 Å². The van der Waals surface area contributed by atoms with E-state index in [-0.39, 0.29) is 16.2 Å². The molecule has 0 bridgehead atoms. The first kappa shape index (κ1) is 18.2. The molecule has 1 aromatic rings. The summed E-state index contributed by atoms with van der Waals surface area (Å²) >= 11 is 0. The van der Waals surface area contributed by atoms with Gasteiger partial charge < -0.3 is 9.64 Å². The Bertz CT molecular complexity index is 749. The summed E-state index contributed by atoms with van der Waals surface area (Å²) in [7, 11) is -2.03. The average molecular weight is 366 g/mol. The molecule has 0 aromatic heterocycles. The van der Waals surface area contributed by atoms with Crippen LogP contribution in [0.5, 0.6) is 5.75 Å². The molecular formula is C18H26N2O4S. The molecular weight excluding hydrogens is 340 g/mol. The Labute approximate surface area is 149 Å². The number of nitrogens with zero attached hydrogens (tertiary/aromatic N) is 2. The van der Waals surface area contributed by atoms with E-state index in [0.717, 1.165) is 19.3 Å². The maximum Gasteiger partial charge on any atom is 0.243 e. The van der Waals surface area contributed by atoms with E-state index in [1.807, 2.05) is 11.8 Å². The zero-order valence-electron chi connectivity index (χ0n) is 14.9. The van der Waals surface area contributed by atoms with E-state index in [1.54, 1.807) is 28.6 Å². The van der Waals surface area contributed by atoms with Crippen molar-refractivity contribution in [1.82, 2.24) is 9.21 Å². The van der Waals surface area contributed by atoms with E-state index in [4.69, 9.17) is 4.74 Å². The highest BCUT2D eigenvalue weighted by molar-refractivity contribution is 7.89. The van der Waals surface area contributed by atoms with Crippen LogP contribution in [-0.4, -0.2) is 56.8 Å². The van der Waals surface area contributed by atoms with Crippen LogP contribution in [0, 0.1) is 5.41 Å². The smallest absolute Gasteiger partial charge is 0.243 e. The van der Waals surface area contributed by atoms with Crippen molar-refractivity contribution in [2.24, 2.45) is 5.41 Å². The normalized spacial score (nSPS) is 25.4. The third-order valence-corrected chi connectivity index (χ3v) is 7.28. The Balaban J connectivity index is 1.84. The standard InChI is InChI=1S/C18H26N2O4S/c1-3-19-13-18(10-8-17(19)21)9-5-11-20(14-18)25(22,23)16-7-4-6-15(12-16)24-2/h4,6-7,12H,3,5,8-11,13-14H2,1-2H3/t18-/m0/s1. The SMILES string of the molecule is CCN1C[C@]2(CCCN(S(=O)(=O)c3cccc(OC)c3)C2)CCC1=O. The number of carbonyl (C=O) groups is 1. The third kappa shape index (κ3) is 3.53. The molecule has 138 valence electrons. The van der Waals surface area contributed by atoms with E-state index in [9.17, 15) is 13.2 Å². The number of amides is 1. The molecule has 25 heavy (non-hydrogen) atoms. The van der Waals surface area contributed by atoms with E-state index in [1.165, 1.54) is 7.11 Å². The number of hydrogen-bond donors (Lipinski definition) is 0. The topological polar surface area (TPSA) is 66.9 Å². The van der Waals surface area contributed by atoms with E-state index in [0.29, 0.717) is 38.3 Å². The van der Waals surface area contributed by atoms with Gasteiger partial charge in [0.15, 0.2) is 0 Å². The first-order valence-electron chi connectivity index (χ1n) is 8.82. The van der Waals surface area contributed by atoms with Crippen molar-refractivity contribution in [1.29, 1.82) is 0 Å². The number of likely N-dealkylation sites (tertiary alicyclic amines) is 1. The zero-order valence-corrected chi connectivity index (χ0v) is 15.7. The molecule has 1 spiro atoms. The largest absolute Gasteiger partial charge is 0.497 e. The number of sulfonamides is 1. The lowest BCUT2D eigenvalue weighted by Gasteiger charge is -2.47. The molecule has 1 atom stereocenters. The minimum Gasteiger partial charge on any atom is -0.497 e. The highest BCUT2D eigenvalue weighted by atomic mass is 32.2. The summed E-state index contributed by atoms with van der Waals surface area (Å²) in [6.07, 6.45) is 3.09. The number of carbonyl (C=O) groups excluding carboxylic acids is 1. The fourth-order valence-corrected chi connectivity index (χ4v) is 5.63. The van der Waals surface area contributed by atoms with E-state index >= 15 is 0 Å². The van der Waals surface area contributed by atoms with Crippen molar-refractivity contribution in [3.05, 3.63) is 24.3 Å². The molecule has 6 nitrogen and oxygen atoms in total. The Hall–Kier alpha value is -1.60. The van der Waals surface area contributed by atoms with Crippen molar-refractivity contribution >= 4 is 15.9 Å². The number of benzene rings is 1. The van der Waals surface area contributed by atoms with Gasteiger partial charge in [0.05, 0.1) is 12.0 Å². The van der Waals surface area contributed by atoms with Crippen molar-refractivity contribution < 1.29 is 17.9 Å². The maximum atomic E-state index is 13.1. The predicted molar refractivity (Wildman–Crippen MR) is 94.9 cm³/mol. The second kappa shape index (κ2) is 6.96. The molecule has 1 aromatic carbocycles. The summed E-state index contributed by atoms with van der Waals surface area (Å²) < 4.78 is 32.9. The van der Waals surface area contributed by atoms with Crippen LogP contribution in [0.3, 0.4) is 0 Å². The van der Waals surface area contributed by atoms with Crippen LogP contribution in [0.2, 0.25) is 0 Å². The van der Waals surface area contributed by atoms with E-state index < -0.39 is 10.0 Å². The van der Waals surface area contributed by atoms with Crippen LogP contribution in [0.15, 0.2) is 29.2 Å². The second-order valence-electron chi connectivity index (χ2n) is 7.03. The molecule has 0 aliphatic carbocycles. The predicted octanol–water partition coefficient (Wildman–Crippen LogP) is 2.11. The summed E-state index contributed by atoms with van der Waals surface area (Å²) in [5.74, 6) is 0.717. The molecule has 3 rings (SSSR count). The van der Waals surface area contributed by atoms with Gasteiger partial charge in [0.2, 0.25) is 15.9 Å². The number of rotatable bonds is 4. The first-order chi connectivity index (χ1) is 11.9. The molecule has 2 heterocycles. The van der Waals surface area contributed by atoms with Crippen LogP contribution in [0.1, 0.15) is 32.6 Å². The third-order valence-electron chi connectivity index (χ3n) is 5.44. The van der Waals surface area contributed by atoms with Crippen LogP contribution in [0.4, 0.5) is 0 Å². The Morgan fingerprint density at radius 3 is 2.76 bits per heavy atom. The van der Waals surface area contributed by atoms with Crippen LogP contribution in [0.25, 0.3) is 0 Å². The maximum absolute atomic E-state index is 13.1. The van der Waals surface area contributed by atoms with Gasteiger partial charge in [0.25, 0.3) is 0 Å². The minimum atomic E-state index is -3.56. The average Bonchev–Trinajstić information content (AvgIpc) is 2.64. The molecule has 2 fully saturated rings. The van der Waals surface area contributed by atoms with Gasteiger partial charge in [-0.05, 0) is 38.3 Å². The minimum absolute atomic E-state index is 0.117. The number of piperidine rings is 2. The van der Waals surface area contributed by atoms with Gasteiger partial charge >= 0.3 is 0 Å². The Morgan fingerprint density at radius 2 is 2.04 bits per heavy atom. The quantitative estimate of drug-likeness (QED) is 0.819. The fraction of sp³-hybridized carbons (Fsp3) is 0.611. The Kier molecular flexibility index (Phi) is 5.06. The monoisotopic (exact) mass is 366 g/mol. The molecule has 7 heteroatoms. The fourth-order valence-electron chi connectivity index (χ4n) is 4.00. The summed E-state index contributed by atoms with van der Waals surface area (Å²) in [6.45, 7) is 4.33. The molecule has 2 aliphatic heterocycles. The number of methoxy groups -OCH3 is 1. The van der Waals surface area contributed by atoms with Crippen molar-refractivity contribution in [3.8, 4) is 5.75 Å². The van der Waals surface area contributed by atoms with Gasteiger partial charge in [-0.15, -0.1) is 0 Å². The molecule has 1 amide bonds. The lowest BCUT2D eigenvalue weighted by molar-refractivity contribution is -0.138. The molecule has 2 aliphatic rings. The van der Waals surface area contributed by atoms with Crippen LogP contribution in [-0.2, 0) is 14.8 Å². The van der Waals surface area contributed by atoms with Crippen molar-refractivity contribution in [2.45, 2.75) is 37.5 Å². The second-order valence-corrected chi connectivity index (χ2v) is 8.97. The van der Waals surface area contributed by atoms with Crippen molar-refractivity contribution in [3.63, 3.8) is 0 Å². The molecule has 2 saturated heterocycles. The Morgan fingerprint density at radius 1 is 1.24 bits per heavy atom. The van der Waals surface area contributed by atoms with Crippen LogP contribution >= 0.6 is 0 Å². The first-order valence-corrected chi connectivity index (χ1v) is 10.3. The molecule has 0 radical (unpaired) electrons. The van der Waals surface area contributed by atoms with Gasteiger partial charge in [-0.2, -0.15) is 4.31 Å². The highest BCUT2D eigenvalue weighted by Crippen LogP contribution is 2.40. The number of hydrogen-bond acceptors (Lipinski definition) is 4. The van der Waals surface area contributed by atoms with Gasteiger partial charge in [0.1, 0.15) is 5.75 Å². The highest BCUT2D eigenvalue weighted by Gasteiger charge is 2.44. The number of ether oxygens (including phenoxy) is 1. The zero-order chi connectivity index (χ0) is 18.1. The van der Waals surface area contributed by atoms with Crippen molar-refractivity contribution in [2.75, 3.05) is 33.3 Å². The molecule has 0 saturated carbocycles. The van der Waals surface area contributed by atoms with Crippen LogP contribution < -0.4 is 4.74 Å². The van der Waals surface area contributed by atoms with Gasteiger partial charge in [0, 0.05) is 44.1 Å². The molecule has 0 unspecified atom stereocenters. The van der Waals surface area contributed by atoms with Gasteiger partial charge in [-0.25, -0.2) is 8.42 Å². The summed E-state index contributed by atoms with van der Waals surface area (Å²) in [5.41, 5.74) is -0.117. The van der Waals surface area contributed by atoms with Gasteiger partial charge in [-0.3, -0.25) is 4.79 Å². The molecule has 0 N–H and O–H groups in total. The lowest BCUT2D eigenvalue weighted by Crippen LogP contribution is -2.54. The summed E-state index contributed by atoms with van der Waals surface area (Å²) in [6, 6.07) is 6.62. The summed E-state index contributed by atoms with van der Waals surface area (Å²) in [5, 5.41) is 0. The van der Waals surface area contributed by atoms with Gasteiger partial charge in [-0.1, -0.05) is 6.07 Å². The lowest BCUT2D eigenvalue weighted by atomic mass is 9.74. The summed E-state index contributed by atoms with van der Waals surface area (Å²) in [4.78, 5) is 14.1.